The van der Waals surface area contributed by atoms with Crippen LogP contribution in [-0.4, -0.2) is 47.2 Å². The summed E-state index contributed by atoms with van der Waals surface area (Å²) in [5.74, 6) is -1.09. The fraction of sp³-hybridized carbons (Fsp3) is 0.273. The number of ether oxygens (including phenoxy) is 3. The molecular weight excluding hydrogens is 420 g/mol. The Bertz CT molecular complexity index is 1040. The molecule has 0 saturated carbocycles. The standard InChI is InChI=1S/C22H24N2O6S/c1-3-29-22(25)16-31(26,27)24(20-9-11-21(12-10-20)30-17-28-2)13-5-8-18-6-4-7-19(14-18)15-23/h4-12,14H,3,13,16-17H2,1-2H3/b8-5+. The molecule has 0 atom stereocenters. The van der Waals surface area contributed by atoms with Crippen LogP contribution in [0.1, 0.15) is 18.1 Å². The molecule has 0 saturated heterocycles. The molecule has 0 unspecified atom stereocenters. The molecule has 31 heavy (non-hydrogen) atoms. The van der Waals surface area contributed by atoms with Crippen molar-refractivity contribution in [3.05, 3.63) is 65.7 Å². The number of benzene rings is 2. The van der Waals surface area contributed by atoms with Crippen LogP contribution in [0, 0.1) is 11.3 Å². The number of nitrogens with zero attached hydrogens (tertiary/aromatic N) is 2. The average molecular weight is 445 g/mol. The van der Waals surface area contributed by atoms with Crippen LogP contribution in [0.2, 0.25) is 0 Å². The highest BCUT2D eigenvalue weighted by Gasteiger charge is 2.26. The molecule has 0 aliphatic rings. The first-order valence-corrected chi connectivity index (χ1v) is 11.0. The zero-order valence-electron chi connectivity index (χ0n) is 17.4. The van der Waals surface area contributed by atoms with Gasteiger partial charge >= 0.3 is 5.97 Å². The molecule has 0 N–H and O–H groups in total. The molecule has 0 aromatic heterocycles. The SMILES string of the molecule is CCOC(=O)CS(=O)(=O)N(C/C=C/c1cccc(C#N)c1)c1ccc(OCOC)cc1. The number of sulfonamides is 1. The number of anilines is 1. The van der Waals surface area contributed by atoms with Crippen molar-refractivity contribution < 1.29 is 27.4 Å². The van der Waals surface area contributed by atoms with E-state index in [1.54, 1.807) is 67.6 Å². The summed E-state index contributed by atoms with van der Waals surface area (Å²) in [6, 6.07) is 15.4. The first-order valence-electron chi connectivity index (χ1n) is 9.44. The Morgan fingerprint density at radius 2 is 1.94 bits per heavy atom. The van der Waals surface area contributed by atoms with Gasteiger partial charge < -0.3 is 14.2 Å². The molecule has 0 heterocycles. The molecule has 9 heteroatoms. The lowest BCUT2D eigenvalue weighted by atomic mass is 10.1. The molecular formula is C22H24N2O6S. The van der Waals surface area contributed by atoms with E-state index in [0.29, 0.717) is 17.0 Å². The van der Waals surface area contributed by atoms with Gasteiger partial charge in [-0.05, 0) is 48.9 Å². The van der Waals surface area contributed by atoms with Crippen LogP contribution in [0.3, 0.4) is 0 Å². The Hall–Kier alpha value is -3.35. The monoisotopic (exact) mass is 444 g/mol. The molecule has 0 spiro atoms. The lowest BCUT2D eigenvalue weighted by Gasteiger charge is -2.23. The summed E-state index contributed by atoms with van der Waals surface area (Å²) in [6.45, 7) is 1.75. The minimum Gasteiger partial charge on any atom is -0.468 e. The Labute approximate surface area is 182 Å². The minimum absolute atomic E-state index is 0.0171. The maximum atomic E-state index is 12.9. The Kier molecular flexibility index (Phi) is 9.06. The molecule has 2 aromatic rings. The summed E-state index contributed by atoms with van der Waals surface area (Å²) in [7, 11) is -2.51. The van der Waals surface area contributed by atoms with Gasteiger partial charge in [0.1, 0.15) is 5.75 Å². The third-order valence-corrected chi connectivity index (χ3v) is 5.64. The van der Waals surface area contributed by atoms with E-state index in [1.165, 1.54) is 7.11 Å². The highest BCUT2D eigenvalue weighted by atomic mass is 32.2. The van der Waals surface area contributed by atoms with Crippen LogP contribution >= 0.6 is 0 Å². The zero-order valence-corrected chi connectivity index (χ0v) is 18.2. The third-order valence-electron chi connectivity index (χ3n) is 4.01. The second-order valence-corrected chi connectivity index (χ2v) is 8.17. The van der Waals surface area contributed by atoms with Gasteiger partial charge in [0.25, 0.3) is 0 Å². The van der Waals surface area contributed by atoms with Gasteiger partial charge in [-0.1, -0.05) is 24.3 Å². The van der Waals surface area contributed by atoms with E-state index >= 15 is 0 Å². The molecule has 0 aliphatic carbocycles. The quantitative estimate of drug-likeness (QED) is 0.387. The topological polar surface area (TPSA) is 106 Å². The fourth-order valence-corrected chi connectivity index (χ4v) is 3.93. The number of hydrogen-bond acceptors (Lipinski definition) is 7. The number of carbonyl (C=O) groups is 1. The zero-order chi connectivity index (χ0) is 22.7. The highest BCUT2D eigenvalue weighted by Crippen LogP contribution is 2.23. The van der Waals surface area contributed by atoms with E-state index in [9.17, 15) is 13.2 Å². The maximum Gasteiger partial charge on any atom is 0.323 e. The van der Waals surface area contributed by atoms with Crippen LogP contribution in [0.15, 0.2) is 54.6 Å². The molecule has 2 rings (SSSR count). The molecule has 8 nitrogen and oxygen atoms in total. The summed E-state index contributed by atoms with van der Waals surface area (Å²) >= 11 is 0. The van der Waals surface area contributed by atoms with Crippen LogP contribution in [0.5, 0.6) is 5.75 Å². The molecule has 0 fully saturated rings. The van der Waals surface area contributed by atoms with E-state index in [1.807, 2.05) is 0 Å². The maximum absolute atomic E-state index is 12.9. The number of nitriles is 1. The first kappa shape index (κ1) is 23.9. The third kappa shape index (κ3) is 7.44. The second-order valence-electron chi connectivity index (χ2n) is 6.28. The number of esters is 1. The van der Waals surface area contributed by atoms with Gasteiger partial charge in [0, 0.05) is 7.11 Å². The number of methoxy groups -OCH3 is 1. The van der Waals surface area contributed by atoms with Crippen molar-refractivity contribution in [1.82, 2.24) is 0 Å². The summed E-state index contributed by atoms with van der Waals surface area (Å²) in [4.78, 5) is 11.8. The summed E-state index contributed by atoms with van der Waals surface area (Å²) in [5, 5.41) is 9.01. The van der Waals surface area contributed by atoms with Crippen molar-refractivity contribution in [1.29, 1.82) is 5.26 Å². The predicted octanol–water partition coefficient (Wildman–Crippen LogP) is 2.95. The van der Waals surface area contributed by atoms with Gasteiger partial charge in [0.05, 0.1) is 30.5 Å². The number of hydrogen-bond donors (Lipinski definition) is 0. The molecule has 0 bridgehead atoms. The van der Waals surface area contributed by atoms with Crippen molar-refractivity contribution in [3.63, 3.8) is 0 Å². The fourth-order valence-electron chi connectivity index (χ4n) is 2.64. The van der Waals surface area contributed by atoms with Crippen LogP contribution < -0.4 is 9.04 Å². The summed E-state index contributed by atoms with van der Waals surface area (Å²) < 4.78 is 41.9. The van der Waals surface area contributed by atoms with Gasteiger partial charge in [-0.25, -0.2) is 8.42 Å². The van der Waals surface area contributed by atoms with Crippen LogP contribution in [0.4, 0.5) is 5.69 Å². The van der Waals surface area contributed by atoms with E-state index in [2.05, 4.69) is 6.07 Å². The van der Waals surface area contributed by atoms with Crippen molar-refractivity contribution in [2.24, 2.45) is 0 Å². The van der Waals surface area contributed by atoms with Crippen molar-refractivity contribution >= 4 is 27.8 Å². The van der Waals surface area contributed by atoms with Gasteiger partial charge in [0.15, 0.2) is 12.5 Å². The molecule has 0 aliphatic heterocycles. The normalized spacial score (nSPS) is 11.1. The van der Waals surface area contributed by atoms with E-state index in [0.717, 1.165) is 9.87 Å². The lowest BCUT2D eigenvalue weighted by molar-refractivity contribution is -0.139. The Balaban J connectivity index is 2.27. The minimum atomic E-state index is -4.00. The first-order chi connectivity index (χ1) is 14.9. The van der Waals surface area contributed by atoms with Crippen LogP contribution in [0.25, 0.3) is 6.08 Å². The van der Waals surface area contributed by atoms with E-state index < -0.39 is 21.7 Å². The summed E-state index contributed by atoms with van der Waals surface area (Å²) in [5.41, 5.74) is 1.62. The predicted molar refractivity (Wildman–Crippen MR) is 117 cm³/mol. The lowest BCUT2D eigenvalue weighted by Crippen LogP contribution is -2.36. The van der Waals surface area contributed by atoms with Gasteiger partial charge in [-0.15, -0.1) is 0 Å². The van der Waals surface area contributed by atoms with Crippen molar-refractivity contribution in [2.45, 2.75) is 6.92 Å². The Morgan fingerprint density at radius 1 is 1.19 bits per heavy atom. The highest BCUT2D eigenvalue weighted by molar-refractivity contribution is 7.93. The number of rotatable bonds is 11. The largest absolute Gasteiger partial charge is 0.468 e. The molecule has 0 amide bonds. The van der Waals surface area contributed by atoms with Crippen molar-refractivity contribution in [3.8, 4) is 11.8 Å². The molecule has 2 aromatic carbocycles. The summed E-state index contributed by atoms with van der Waals surface area (Å²) in [6.07, 6.45) is 3.36. The van der Waals surface area contributed by atoms with Gasteiger partial charge in [-0.3, -0.25) is 9.10 Å². The smallest absolute Gasteiger partial charge is 0.323 e. The van der Waals surface area contributed by atoms with Gasteiger partial charge in [-0.2, -0.15) is 5.26 Å². The van der Waals surface area contributed by atoms with Crippen molar-refractivity contribution in [2.75, 3.05) is 37.1 Å². The van der Waals surface area contributed by atoms with E-state index in [-0.39, 0.29) is 19.9 Å². The Morgan fingerprint density at radius 3 is 2.58 bits per heavy atom. The second kappa shape index (κ2) is 11.7. The van der Waals surface area contributed by atoms with Gasteiger partial charge in [0.2, 0.25) is 10.0 Å². The van der Waals surface area contributed by atoms with E-state index in [4.69, 9.17) is 19.5 Å². The average Bonchev–Trinajstić information content (AvgIpc) is 2.75. The van der Waals surface area contributed by atoms with Crippen LogP contribution in [-0.2, 0) is 24.3 Å². The molecule has 164 valence electrons. The number of carbonyl (C=O) groups excluding carboxylic acids is 1. The molecule has 0 radical (unpaired) electrons.